The van der Waals surface area contributed by atoms with Crippen LogP contribution in [0, 0.1) is 34.5 Å². The van der Waals surface area contributed by atoms with Crippen LogP contribution in [0.2, 0.25) is 0 Å². The average molecular weight is 547 g/mol. The first kappa shape index (κ1) is 27.7. The van der Waals surface area contributed by atoms with Crippen molar-refractivity contribution in [2.45, 2.75) is 90.0 Å². The largest absolute Gasteiger partial charge is 0.416 e. The summed E-state index contributed by atoms with van der Waals surface area (Å²) in [7, 11) is 0. The number of rotatable bonds is 4. The molecule has 1 heterocycles. The van der Waals surface area contributed by atoms with Gasteiger partial charge in [0, 0.05) is 51.1 Å². The normalized spacial score (nSPS) is 41.6. The van der Waals surface area contributed by atoms with Crippen LogP contribution >= 0.6 is 0 Å². The number of aliphatic hydroxyl groups is 1. The number of fused-ring (bicyclic) bond motifs is 5. The molecule has 1 aromatic carbocycles. The molecule has 4 nitrogen and oxygen atoms in total. The number of hydrogen-bond acceptors (Lipinski definition) is 4. The molecule has 5 aliphatic rings. The van der Waals surface area contributed by atoms with E-state index in [2.05, 4.69) is 23.6 Å². The lowest BCUT2D eigenvalue weighted by Gasteiger charge is -2.61. The molecule has 0 spiro atoms. The standard InChI is InChI=1S/C32H45F3N2O2/c1-29-13-14-31(39,19-23(29)7-8-24-26-9-10-28(38)30(26,2)12-11-27(24)29)21-37-17-15-36(16-18-37)20-22-5-3-4-6-25(22)32(33,34)35/h3-6,23-24,26-27,39H,7-21H2,1-2H3/t23-,24-,26-,27-,29-,30-,31+/m0/s1. The van der Waals surface area contributed by atoms with E-state index in [1.807, 2.05) is 0 Å². The van der Waals surface area contributed by atoms with E-state index in [9.17, 15) is 23.1 Å². The zero-order chi connectivity index (χ0) is 27.6. The summed E-state index contributed by atoms with van der Waals surface area (Å²) in [5.41, 5.74) is -0.717. The minimum absolute atomic E-state index is 0.0866. The predicted octanol–water partition coefficient (Wildman–Crippen LogP) is 6.17. The van der Waals surface area contributed by atoms with Crippen molar-refractivity contribution in [2.24, 2.45) is 34.5 Å². The van der Waals surface area contributed by atoms with Gasteiger partial charge in [0.15, 0.2) is 0 Å². The van der Waals surface area contributed by atoms with E-state index in [0.717, 1.165) is 64.5 Å². The third-order valence-electron chi connectivity index (χ3n) is 12.2. The maximum Gasteiger partial charge on any atom is 0.416 e. The van der Waals surface area contributed by atoms with Crippen molar-refractivity contribution in [1.29, 1.82) is 0 Å². The fourth-order valence-corrected chi connectivity index (χ4v) is 9.93. The van der Waals surface area contributed by atoms with Gasteiger partial charge in [-0.25, -0.2) is 0 Å². The van der Waals surface area contributed by atoms with Crippen molar-refractivity contribution in [3.8, 4) is 0 Å². The number of benzene rings is 1. The number of nitrogens with zero attached hydrogens (tertiary/aromatic N) is 2. The molecule has 0 amide bonds. The van der Waals surface area contributed by atoms with Gasteiger partial charge in [-0.2, -0.15) is 13.2 Å². The van der Waals surface area contributed by atoms with Crippen molar-refractivity contribution in [2.75, 3.05) is 32.7 Å². The Bertz CT molecular complexity index is 1090. The predicted molar refractivity (Wildman–Crippen MR) is 145 cm³/mol. The lowest BCUT2D eigenvalue weighted by molar-refractivity contribution is -0.158. The second kappa shape index (κ2) is 9.84. The van der Waals surface area contributed by atoms with Crippen LogP contribution in [0.3, 0.4) is 0 Å². The highest BCUT2D eigenvalue weighted by atomic mass is 19.4. The Hall–Kier alpha value is -1.44. The van der Waals surface area contributed by atoms with Crippen LogP contribution in [0.25, 0.3) is 0 Å². The summed E-state index contributed by atoms with van der Waals surface area (Å²) >= 11 is 0. The van der Waals surface area contributed by atoms with E-state index in [1.165, 1.54) is 18.6 Å². The zero-order valence-corrected chi connectivity index (χ0v) is 23.6. The molecule has 4 saturated carbocycles. The van der Waals surface area contributed by atoms with Gasteiger partial charge in [-0.1, -0.05) is 32.0 Å². The molecule has 0 radical (unpaired) electrons. The summed E-state index contributed by atoms with van der Waals surface area (Å²) in [5, 5.41) is 11.8. The van der Waals surface area contributed by atoms with Crippen LogP contribution in [-0.2, 0) is 17.5 Å². The van der Waals surface area contributed by atoms with Crippen LogP contribution in [0.5, 0.6) is 0 Å². The van der Waals surface area contributed by atoms with Gasteiger partial charge < -0.3 is 5.11 Å². The van der Waals surface area contributed by atoms with Crippen LogP contribution in [-0.4, -0.2) is 59.0 Å². The minimum Gasteiger partial charge on any atom is -0.389 e. The molecule has 39 heavy (non-hydrogen) atoms. The molecule has 5 fully saturated rings. The number of piperazine rings is 1. The van der Waals surface area contributed by atoms with Crippen LogP contribution < -0.4 is 0 Å². The SMILES string of the molecule is C[C@]12CC[C@](O)(CN3CCN(Cc4ccccc4C(F)(F)F)CC3)C[C@@H]1CC[C@@H]1[C@@H]2CC[C@]2(C)C(=O)CC[C@@H]12. The third kappa shape index (κ3) is 4.88. The molecule has 6 rings (SSSR count). The van der Waals surface area contributed by atoms with E-state index in [4.69, 9.17) is 0 Å². The van der Waals surface area contributed by atoms with Crippen molar-refractivity contribution >= 4 is 5.78 Å². The van der Waals surface area contributed by atoms with E-state index in [0.29, 0.717) is 61.2 Å². The lowest BCUT2D eigenvalue weighted by Crippen LogP contribution is -2.59. The number of alkyl halides is 3. The Morgan fingerprint density at radius 2 is 1.64 bits per heavy atom. The first-order valence-corrected chi connectivity index (χ1v) is 15.3. The highest BCUT2D eigenvalue weighted by molar-refractivity contribution is 5.87. The average Bonchev–Trinajstić information content (AvgIpc) is 3.20. The molecule has 0 bridgehead atoms. The number of hydrogen-bond donors (Lipinski definition) is 1. The number of Topliss-reactive ketones (excluding diaryl/α,β-unsaturated/α-hetero) is 1. The van der Waals surface area contributed by atoms with Gasteiger partial charge in [-0.3, -0.25) is 14.6 Å². The number of carbonyl (C=O) groups excluding carboxylic acids is 1. The lowest BCUT2D eigenvalue weighted by atomic mass is 9.44. The quantitative estimate of drug-likeness (QED) is 0.491. The minimum atomic E-state index is -4.33. The fraction of sp³-hybridized carbons (Fsp3) is 0.781. The highest BCUT2D eigenvalue weighted by Gasteiger charge is 2.61. The number of ketones is 1. The summed E-state index contributed by atoms with van der Waals surface area (Å²) < 4.78 is 40.3. The zero-order valence-electron chi connectivity index (χ0n) is 23.6. The molecule has 1 aromatic rings. The van der Waals surface area contributed by atoms with Gasteiger partial charge in [0.25, 0.3) is 0 Å². The first-order chi connectivity index (χ1) is 18.4. The molecule has 7 heteroatoms. The van der Waals surface area contributed by atoms with Gasteiger partial charge in [-0.15, -0.1) is 0 Å². The molecule has 1 saturated heterocycles. The van der Waals surface area contributed by atoms with Crippen molar-refractivity contribution in [3.63, 3.8) is 0 Å². The maximum absolute atomic E-state index is 13.4. The maximum atomic E-state index is 13.4. The number of halogens is 3. The van der Waals surface area contributed by atoms with Gasteiger partial charge in [0.05, 0.1) is 11.2 Å². The van der Waals surface area contributed by atoms with E-state index < -0.39 is 17.3 Å². The van der Waals surface area contributed by atoms with Crippen LogP contribution in [0.15, 0.2) is 24.3 Å². The molecule has 7 atom stereocenters. The van der Waals surface area contributed by atoms with Crippen molar-refractivity contribution in [1.82, 2.24) is 9.80 Å². The Morgan fingerprint density at radius 3 is 2.38 bits per heavy atom. The molecule has 0 unspecified atom stereocenters. The van der Waals surface area contributed by atoms with Crippen LogP contribution in [0.4, 0.5) is 13.2 Å². The topological polar surface area (TPSA) is 43.8 Å². The van der Waals surface area contributed by atoms with E-state index >= 15 is 0 Å². The summed E-state index contributed by atoms with van der Waals surface area (Å²) in [6.45, 7) is 8.68. The van der Waals surface area contributed by atoms with Crippen molar-refractivity contribution < 1.29 is 23.1 Å². The summed E-state index contributed by atoms with van der Waals surface area (Å²) in [6.07, 6.45) is 4.82. The third-order valence-corrected chi connectivity index (χ3v) is 12.2. The number of carbonyl (C=O) groups is 1. The molecule has 1 N–H and O–H groups in total. The van der Waals surface area contributed by atoms with Gasteiger partial charge >= 0.3 is 6.18 Å². The van der Waals surface area contributed by atoms with Gasteiger partial charge in [0.2, 0.25) is 0 Å². The Balaban J connectivity index is 1.05. The Morgan fingerprint density at radius 1 is 0.923 bits per heavy atom. The van der Waals surface area contributed by atoms with Gasteiger partial charge in [-0.05, 0) is 92.1 Å². The summed E-state index contributed by atoms with van der Waals surface area (Å²) in [5.74, 6) is 2.92. The monoisotopic (exact) mass is 546 g/mol. The fourth-order valence-electron chi connectivity index (χ4n) is 9.93. The summed E-state index contributed by atoms with van der Waals surface area (Å²) in [4.78, 5) is 17.2. The number of β-amino-alcohol motifs (C(OH)–C–C–N with tert-alkyl or cyclic N) is 1. The molecule has 4 aliphatic carbocycles. The molecule has 216 valence electrons. The smallest absolute Gasteiger partial charge is 0.389 e. The molecular formula is C32H45F3N2O2. The second-order valence-electron chi connectivity index (χ2n) is 14.2. The highest BCUT2D eigenvalue weighted by Crippen LogP contribution is 2.66. The Kier molecular flexibility index (Phi) is 6.99. The second-order valence-corrected chi connectivity index (χ2v) is 14.2. The van der Waals surface area contributed by atoms with E-state index in [-0.39, 0.29) is 10.8 Å². The Labute approximate surface area is 231 Å². The van der Waals surface area contributed by atoms with Gasteiger partial charge in [0.1, 0.15) is 5.78 Å². The molecular weight excluding hydrogens is 501 g/mol. The van der Waals surface area contributed by atoms with Crippen LogP contribution in [0.1, 0.15) is 82.8 Å². The first-order valence-electron chi connectivity index (χ1n) is 15.3. The van der Waals surface area contributed by atoms with E-state index in [1.54, 1.807) is 12.1 Å². The van der Waals surface area contributed by atoms with Crippen molar-refractivity contribution in [3.05, 3.63) is 35.4 Å². The summed E-state index contributed by atoms with van der Waals surface area (Å²) in [6, 6.07) is 5.89. The molecule has 0 aromatic heterocycles. The molecule has 1 aliphatic heterocycles.